The van der Waals surface area contributed by atoms with Crippen LogP contribution in [0.2, 0.25) is 0 Å². The first-order valence-corrected chi connectivity index (χ1v) is 11.1. The van der Waals surface area contributed by atoms with Gasteiger partial charge in [0.15, 0.2) is 0 Å². The van der Waals surface area contributed by atoms with Crippen LogP contribution in [0.25, 0.3) is 0 Å². The highest BCUT2D eigenvalue weighted by Crippen LogP contribution is 2.32. The Morgan fingerprint density at radius 2 is 1.58 bits per heavy atom. The van der Waals surface area contributed by atoms with Gasteiger partial charge in [0.1, 0.15) is 5.82 Å². The minimum Gasteiger partial charge on any atom is -0.354 e. The van der Waals surface area contributed by atoms with Gasteiger partial charge in [0.05, 0.1) is 28.6 Å². The van der Waals surface area contributed by atoms with Crippen LogP contribution in [-0.2, 0) is 18.9 Å². The highest BCUT2D eigenvalue weighted by Gasteiger charge is 2.35. The van der Waals surface area contributed by atoms with E-state index in [1.54, 1.807) is 18.2 Å². The van der Waals surface area contributed by atoms with Crippen molar-refractivity contribution in [1.82, 2.24) is 9.88 Å². The molecule has 1 saturated heterocycles. The number of nitrogens with one attached hydrogen (secondary N) is 1. The lowest BCUT2D eigenvalue weighted by atomic mass is 10.1. The number of nitrogens with zero attached hydrogens (tertiary/aromatic N) is 3. The van der Waals surface area contributed by atoms with E-state index in [1.807, 2.05) is 4.90 Å². The van der Waals surface area contributed by atoms with E-state index < -0.39 is 35.0 Å². The van der Waals surface area contributed by atoms with Crippen LogP contribution in [0.5, 0.6) is 0 Å². The highest BCUT2D eigenvalue weighted by atomic mass is 19.4. The maximum Gasteiger partial charge on any atom is 0.417 e. The standard InChI is InChI=1S/C25H22F6N4O/c26-24(27,28)18-5-3-4-17(14-18)16-34-10-12-35(13-11-34)22-9-8-19(15-32-22)33-23(36)20-6-1-2-7-21(20)25(29,30)31/h1-9,14-15H,10-13,16H2,(H,33,36). The minimum atomic E-state index is -4.65. The van der Waals surface area contributed by atoms with E-state index >= 15 is 0 Å². The molecule has 1 amide bonds. The van der Waals surface area contributed by atoms with E-state index in [2.05, 4.69) is 15.2 Å². The van der Waals surface area contributed by atoms with Crippen molar-refractivity contribution in [3.8, 4) is 0 Å². The van der Waals surface area contributed by atoms with Crippen LogP contribution in [0.1, 0.15) is 27.0 Å². The van der Waals surface area contributed by atoms with E-state index in [0.717, 1.165) is 24.3 Å². The van der Waals surface area contributed by atoms with Crippen LogP contribution in [0.4, 0.5) is 37.8 Å². The zero-order valence-electron chi connectivity index (χ0n) is 18.9. The summed E-state index contributed by atoms with van der Waals surface area (Å²) in [6, 6.07) is 13.0. The number of benzene rings is 2. The van der Waals surface area contributed by atoms with Crippen LogP contribution in [0.15, 0.2) is 66.9 Å². The molecule has 3 aromatic rings. The molecule has 0 saturated carbocycles. The van der Waals surface area contributed by atoms with E-state index in [9.17, 15) is 31.1 Å². The quantitative estimate of drug-likeness (QED) is 0.450. The van der Waals surface area contributed by atoms with Crippen LogP contribution in [0.3, 0.4) is 0 Å². The number of halogens is 6. The molecule has 0 unspecified atom stereocenters. The molecule has 0 spiro atoms. The van der Waals surface area contributed by atoms with Gasteiger partial charge in [-0.1, -0.05) is 30.3 Å². The van der Waals surface area contributed by atoms with Crippen molar-refractivity contribution in [1.29, 1.82) is 0 Å². The van der Waals surface area contributed by atoms with Gasteiger partial charge >= 0.3 is 12.4 Å². The minimum absolute atomic E-state index is 0.254. The molecule has 2 aromatic carbocycles. The molecule has 1 aliphatic rings. The molecule has 1 fully saturated rings. The van der Waals surface area contributed by atoms with Gasteiger partial charge in [0, 0.05) is 32.7 Å². The Hall–Kier alpha value is -3.60. The molecule has 0 bridgehead atoms. The van der Waals surface area contributed by atoms with Gasteiger partial charge in [-0.05, 0) is 35.9 Å². The topological polar surface area (TPSA) is 48.5 Å². The third-order valence-corrected chi connectivity index (χ3v) is 5.84. The Bertz CT molecular complexity index is 1200. The lowest BCUT2D eigenvalue weighted by molar-refractivity contribution is -0.138. The van der Waals surface area contributed by atoms with Crippen LogP contribution >= 0.6 is 0 Å². The molecule has 4 rings (SSSR count). The Morgan fingerprint density at radius 1 is 0.861 bits per heavy atom. The predicted molar refractivity (Wildman–Crippen MR) is 123 cm³/mol. The number of alkyl halides is 6. The number of hydrogen-bond donors (Lipinski definition) is 1. The van der Waals surface area contributed by atoms with Gasteiger partial charge in [-0.15, -0.1) is 0 Å². The smallest absolute Gasteiger partial charge is 0.354 e. The summed E-state index contributed by atoms with van der Waals surface area (Å²) in [5.41, 5.74) is -1.33. The second-order valence-electron chi connectivity index (χ2n) is 8.36. The molecule has 11 heteroatoms. The van der Waals surface area contributed by atoms with E-state index in [4.69, 9.17) is 0 Å². The van der Waals surface area contributed by atoms with Gasteiger partial charge in [0.2, 0.25) is 0 Å². The number of carbonyl (C=O) groups excluding carboxylic acids is 1. The Balaban J connectivity index is 1.33. The second kappa shape index (κ2) is 10.2. The van der Waals surface area contributed by atoms with Gasteiger partial charge in [0.25, 0.3) is 5.91 Å². The maximum absolute atomic E-state index is 13.2. The van der Waals surface area contributed by atoms with Crippen LogP contribution < -0.4 is 10.2 Å². The number of amides is 1. The molecular weight excluding hydrogens is 486 g/mol. The highest BCUT2D eigenvalue weighted by molar-refractivity contribution is 6.05. The zero-order chi connectivity index (χ0) is 25.9. The maximum atomic E-state index is 13.2. The van der Waals surface area contributed by atoms with Crippen molar-refractivity contribution >= 4 is 17.4 Å². The van der Waals surface area contributed by atoms with E-state index in [0.29, 0.717) is 44.1 Å². The van der Waals surface area contributed by atoms with Gasteiger partial charge in [-0.25, -0.2) is 4.98 Å². The van der Waals surface area contributed by atoms with Crippen molar-refractivity contribution in [2.24, 2.45) is 0 Å². The largest absolute Gasteiger partial charge is 0.417 e. The average Bonchev–Trinajstić information content (AvgIpc) is 2.84. The SMILES string of the molecule is O=C(Nc1ccc(N2CCN(Cc3cccc(C(F)(F)F)c3)CC2)nc1)c1ccccc1C(F)(F)F. The Morgan fingerprint density at radius 3 is 2.22 bits per heavy atom. The number of anilines is 2. The molecule has 2 heterocycles. The predicted octanol–water partition coefficient (Wildman–Crippen LogP) is 5.69. The number of carbonyl (C=O) groups is 1. The fraction of sp³-hybridized carbons (Fsp3) is 0.280. The lowest BCUT2D eigenvalue weighted by Gasteiger charge is -2.35. The summed E-state index contributed by atoms with van der Waals surface area (Å²) in [4.78, 5) is 20.8. The number of hydrogen-bond acceptors (Lipinski definition) is 4. The van der Waals surface area contributed by atoms with Gasteiger partial charge in [-0.2, -0.15) is 26.3 Å². The molecule has 5 nitrogen and oxygen atoms in total. The van der Waals surface area contributed by atoms with E-state index in [-0.39, 0.29) is 5.69 Å². The summed E-state index contributed by atoms with van der Waals surface area (Å²) >= 11 is 0. The number of pyridine rings is 1. The lowest BCUT2D eigenvalue weighted by Crippen LogP contribution is -2.46. The fourth-order valence-corrected chi connectivity index (χ4v) is 4.01. The third kappa shape index (κ3) is 6.14. The molecule has 190 valence electrons. The summed E-state index contributed by atoms with van der Waals surface area (Å²) in [7, 11) is 0. The van der Waals surface area contributed by atoms with Crippen molar-refractivity contribution < 1.29 is 31.1 Å². The summed E-state index contributed by atoms with van der Waals surface area (Å²) in [6.07, 6.45) is -7.66. The molecule has 0 radical (unpaired) electrons. The Labute approximate surface area is 203 Å². The second-order valence-corrected chi connectivity index (χ2v) is 8.36. The Kier molecular flexibility index (Phi) is 7.21. The number of piperazine rings is 1. The summed E-state index contributed by atoms with van der Waals surface area (Å²) < 4.78 is 78.3. The summed E-state index contributed by atoms with van der Waals surface area (Å²) in [5, 5.41) is 2.44. The van der Waals surface area contributed by atoms with Crippen LogP contribution in [-0.4, -0.2) is 42.0 Å². The first-order valence-electron chi connectivity index (χ1n) is 11.1. The zero-order valence-corrected chi connectivity index (χ0v) is 18.9. The van der Waals surface area contributed by atoms with Crippen molar-refractivity contribution in [2.75, 3.05) is 36.4 Å². The molecular formula is C25H22F6N4O. The first-order chi connectivity index (χ1) is 17.0. The van der Waals surface area contributed by atoms with Crippen molar-refractivity contribution in [3.63, 3.8) is 0 Å². The monoisotopic (exact) mass is 508 g/mol. The molecule has 1 aliphatic heterocycles. The van der Waals surface area contributed by atoms with Gasteiger partial charge in [-0.3, -0.25) is 9.69 Å². The normalized spacial score (nSPS) is 15.1. The molecule has 36 heavy (non-hydrogen) atoms. The van der Waals surface area contributed by atoms with Gasteiger partial charge < -0.3 is 10.2 Å². The van der Waals surface area contributed by atoms with Crippen molar-refractivity contribution in [3.05, 3.63) is 89.1 Å². The number of rotatable bonds is 5. The summed E-state index contributed by atoms with van der Waals surface area (Å²) in [5.74, 6) is -0.261. The van der Waals surface area contributed by atoms with E-state index in [1.165, 1.54) is 24.4 Å². The fourth-order valence-electron chi connectivity index (χ4n) is 4.01. The molecule has 1 aromatic heterocycles. The summed E-state index contributed by atoms with van der Waals surface area (Å²) in [6.45, 7) is 2.82. The molecule has 0 atom stereocenters. The molecule has 0 aliphatic carbocycles. The average molecular weight is 508 g/mol. The number of aromatic nitrogens is 1. The first kappa shape index (κ1) is 25.5. The van der Waals surface area contributed by atoms with Crippen LogP contribution in [0, 0.1) is 0 Å². The molecule has 1 N–H and O–H groups in total. The van der Waals surface area contributed by atoms with Crippen molar-refractivity contribution in [2.45, 2.75) is 18.9 Å². The third-order valence-electron chi connectivity index (χ3n) is 5.84.